The fraction of sp³-hybridized carbons (Fsp3) is 0.160. The smallest absolute Gasteiger partial charge is 0.257 e. The van der Waals surface area contributed by atoms with E-state index in [0.29, 0.717) is 34.2 Å². The summed E-state index contributed by atoms with van der Waals surface area (Å²) in [5.74, 6) is 0.933. The molecule has 4 rings (SSSR count). The van der Waals surface area contributed by atoms with E-state index < -0.39 is 0 Å². The van der Waals surface area contributed by atoms with Crippen LogP contribution < -0.4 is 15.4 Å². The number of oxazole rings is 1. The van der Waals surface area contributed by atoms with Crippen LogP contribution in [0.4, 0.5) is 5.69 Å². The SMILES string of the molecule is CC(C)Oc1cccc(C(=O)NC(=S)Nc2ccc(Cc3nc4cc(Cl)ccc4o3)cc2)c1. The first kappa shape index (κ1) is 22.8. The summed E-state index contributed by atoms with van der Waals surface area (Å²) < 4.78 is 11.4. The fourth-order valence-corrected chi connectivity index (χ4v) is 3.60. The molecule has 8 heteroatoms. The number of hydrogen-bond donors (Lipinski definition) is 2. The maximum Gasteiger partial charge on any atom is 0.257 e. The van der Waals surface area contributed by atoms with Gasteiger partial charge in [0.25, 0.3) is 5.91 Å². The highest BCUT2D eigenvalue weighted by Crippen LogP contribution is 2.22. The van der Waals surface area contributed by atoms with Gasteiger partial charge < -0.3 is 14.5 Å². The number of rotatable bonds is 6. The second kappa shape index (κ2) is 10.0. The maximum atomic E-state index is 12.5. The molecule has 0 fully saturated rings. The lowest BCUT2D eigenvalue weighted by atomic mass is 10.1. The number of anilines is 1. The number of carbonyl (C=O) groups excluding carboxylic acids is 1. The molecular formula is C25H22ClN3O3S. The number of thiocarbonyl (C=S) groups is 1. The molecule has 0 bridgehead atoms. The monoisotopic (exact) mass is 479 g/mol. The molecule has 3 aromatic carbocycles. The Morgan fingerprint density at radius 3 is 2.67 bits per heavy atom. The minimum absolute atomic E-state index is 0.0233. The third-order valence-corrected chi connectivity index (χ3v) is 5.10. The van der Waals surface area contributed by atoms with Crippen LogP contribution in [0.1, 0.15) is 35.7 Å². The molecule has 0 spiro atoms. The van der Waals surface area contributed by atoms with Crippen molar-refractivity contribution in [2.24, 2.45) is 0 Å². The number of aromatic nitrogens is 1. The molecule has 2 N–H and O–H groups in total. The van der Waals surface area contributed by atoms with Gasteiger partial charge in [-0.15, -0.1) is 0 Å². The summed E-state index contributed by atoms with van der Waals surface area (Å²) in [4.78, 5) is 17.0. The van der Waals surface area contributed by atoms with Gasteiger partial charge in [0.15, 0.2) is 16.6 Å². The lowest BCUT2D eigenvalue weighted by molar-refractivity contribution is 0.0977. The average Bonchev–Trinajstić information content (AvgIpc) is 3.16. The van der Waals surface area contributed by atoms with E-state index in [0.717, 1.165) is 16.8 Å². The van der Waals surface area contributed by atoms with Crippen LogP contribution in [0.25, 0.3) is 11.1 Å². The van der Waals surface area contributed by atoms with Crippen LogP contribution in [0.2, 0.25) is 5.02 Å². The van der Waals surface area contributed by atoms with E-state index in [1.165, 1.54) is 0 Å². The topological polar surface area (TPSA) is 76.4 Å². The minimum Gasteiger partial charge on any atom is -0.491 e. The summed E-state index contributed by atoms with van der Waals surface area (Å²) in [6.07, 6.45) is 0.567. The highest BCUT2D eigenvalue weighted by Gasteiger charge is 2.11. The molecule has 1 amide bonds. The summed E-state index contributed by atoms with van der Waals surface area (Å²) in [5, 5.41) is 6.54. The molecular weight excluding hydrogens is 458 g/mol. The van der Waals surface area contributed by atoms with E-state index in [-0.39, 0.29) is 17.1 Å². The van der Waals surface area contributed by atoms with Gasteiger partial charge in [0.05, 0.1) is 6.10 Å². The number of fused-ring (bicyclic) bond motifs is 1. The van der Waals surface area contributed by atoms with Crippen molar-refractivity contribution >= 4 is 51.6 Å². The van der Waals surface area contributed by atoms with Gasteiger partial charge in [0.1, 0.15) is 11.3 Å². The zero-order valence-corrected chi connectivity index (χ0v) is 19.7. The first-order chi connectivity index (χ1) is 15.9. The van der Waals surface area contributed by atoms with Crippen molar-refractivity contribution in [1.82, 2.24) is 10.3 Å². The van der Waals surface area contributed by atoms with Gasteiger partial charge in [0.2, 0.25) is 0 Å². The molecule has 0 radical (unpaired) electrons. The van der Waals surface area contributed by atoms with Crippen molar-refractivity contribution in [2.75, 3.05) is 5.32 Å². The average molecular weight is 480 g/mol. The molecule has 0 aliphatic rings. The van der Waals surface area contributed by atoms with Crippen molar-refractivity contribution in [3.05, 3.63) is 88.8 Å². The zero-order chi connectivity index (χ0) is 23.4. The molecule has 1 heterocycles. The van der Waals surface area contributed by atoms with Crippen molar-refractivity contribution in [2.45, 2.75) is 26.4 Å². The number of benzene rings is 3. The predicted octanol–water partition coefficient (Wildman–Crippen LogP) is 5.99. The van der Waals surface area contributed by atoms with Gasteiger partial charge in [-0.05, 0) is 80.2 Å². The Balaban J connectivity index is 1.34. The Morgan fingerprint density at radius 2 is 1.91 bits per heavy atom. The lowest BCUT2D eigenvalue weighted by Crippen LogP contribution is -2.34. The normalized spacial score (nSPS) is 10.9. The number of carbonyl (C=O) groups is 1. The van der Waals surface area contributed by atoms with Crippen LogP contribution in [0.3, 0.4) is 0 Å². The fourth-order valence-electron chi connectivity index (χ4n) is 3.22. The van der Waals surface area contributed by atoms with Gasteiger partial charge >= 0.3 is 0 Å². The maximum absolute atomic E-state index is 12.5. The van der Waals surface area contributed by atoms with Crippen molar-refractivity contribution < 1.29 is 13.9 Å². The number of halogens is 1. The molecule has 0 aliphatic carbocycles. The van der Waals surface area contributed by atoms with Crippen molar-refractivity contribution in [3.63, 3.8) is 0 Å². The zero-order valence-electron chi connectivity index (χ0n) is 18.1. The number of nitrogens with zero attached hydrogens (tertiary/aromatic N) is 1. The third kappa shape index (κ3) is 6.09. The molecule has 168 valence electrons. The lowest BCUT2D eigenvalue weighted by Gasteiger charge is -2.12. The molecule has 0 atom stereocenters. The number of hydrogen-bond acceptors (Lipinski definition) is 5. The number of amides is 1. The van der Waals surface area contributed by atoms with Gasteiger partial charge in [-0.1, -0.05) is 29.8 Å². The summed E-state index contributed by atoms with van der Waals surface area (Å²) in [6, 6.07) is 20.0. The van der Waals surface area contributed by atoms with E-state index in [1.54, 1.807) is 30.3 Å². The summed E-state index contributed by atoms with van der Waals surface area (Å²) >= 11 is 11.3. The number of nitrogens with one attached hydrogen (secondary N) is 2. The van der Waals surface area contributed by atoms with Gasteiger partial charge in [-0.2, -0.15) is 0 Å². The molecule has 0 unspecified atom stereocenters. The van der Waals surface area contributed by atoms with Crippen molar-refractivity contribution in [1.29, 1.82) is 0 Å². The van der Waals surface area contributed by atoms with Crippen LogP contribution in [-0.2, 0) is 6.42 Å². The minimum atomic E-state index is -0.311. The van der Waals surface area contributed by atoms with Crippen LogP contribution in [0, 0.1) is 0 Å². The first-order valence-electron chi connectivity index (χ1n) is 10.4. The molecule has 0 saturated heterocycles. The van der Waals surface area contributed by atoms with Gasteiger partial charge in [-0.25, -0.2) is 4.98 Å². The Bertz CT molecular complexity index is 1300. The Kier molecular flexibility index (Phi) is 6.91. The quantitative estimate of drug-likeness (QED) is 0.331. The first-order valence-corrected chi connectivity index (χ1v) is 11.2. The second-order valence-corrected chi connectivity index (χ2v) is 8.54. The molecule has 33 heavy (non-hydrogen) atoms. The third-order valence-electron chi connectivity index (χ3n) is 4.66. The molecule has 0 aliphatic heterocycles. The van der Waals surface area contributed by atoms with Crippen LogP contribution in [-0.4, -0.2) is 22.1 Å². The number of ether oxygens (including phenoxy) is 1. The van der Waals surface area contributed by atoms with Crippen LogP contribution in [0.5, 0.6) is 5.75 Å². The molecule has 6 nitrogen and oxygen atoms in total. The van der Waals surface area contributed by atoms with Crippen LogP contribution >= 0.6 is 23.8 Å². The second-order valence-electron chi connectivity index (χ2n) is 7.70. The van der Waals surface area contributed by atoms with E-state index in [1.807, 2.05) is 50.2 Å². The predicted molar refractivity (Wildman–Crippen MR) is 134 cm³/mol. The molecule has 4 aromatic rings. The van der Waals surface area contributed by atoms with E-state index in [9.17, 15) is 4.79 Å². The van der Waals surface area contributed by atoms with Crippen LogP contribution in [0.15, 0.2) is 71.1 Å². The highest BCUT2D eigenvalue weighted by molar-refractivity contribution is 7.80. The summed E-state index contributed by atoms with van der Waals surface area (Å²) in [7, 11) is 0. The van der Waals surface area contributed by atoms with E-state index >= 15 is 0 Å². The molecule has 0 saturated carbocycles. The summed E-state index contributed by atoms with van der Waals surface area (Å²) in [6.45, 7) is 3.86. The largest absolute Gasteiger partial charge is 0.491 e. The highest BCUT2D eigenvalue weighted by atomic mass is 35.5. The van der Waals surface area contributed by atoms with Gasteiger partial charge in [0, 0.05) is 22.7 Å². The Hall–Kier alpha value is -3.42. The Labute approximate surface area is 201 Å². The van der Waals surface area contributed by atoms with Crippen molar-refractivity contribution in [3.8, 4) is 5.75 Å². The molecule has 1 aromatic heterocycles. The summed E-state index contributed by atoms with van der Waals surface area (Å²) in [5.41, 5.74) is 3.68. The standard InChI is InChI=1S/C25H22ClN3O3S/c1-15(2)31-20-5-3-4-17(13-20)24(30)29-25(33)27-19-9-6-16(7-10-19)12-23-28-21-14-18(26)8-11-22(21)32-23/h3-11,13-15H,12H2,1-2H3,(H2,27,29,30,33). The van der Waals surface area contributed by atoms with E-state index in [2.05, 4.69) is 15.6 Å². The Morgan fingerprint density at radius 1 is 1.12 bits per heavy atom. The van der Waals surface area contributed by atoms with Gasteiger partial charge in [-0.3, -0.25) is 10.1 Å². The van der Waals surface area contributed by atoms with E-state index in [4.69, 9.17) is 33.0 Å².